The first-order valence-electron chi connectivity index (χ1n) is 5.60. The van der Waals surface area contributed by atoms with E-state index in [9.17, 15) is 5.11 Å². The molecule has 1 nitrogen and oxygen atoms in total. The molecule has 0 aliphatic heterocycles. The number of aliphatic hydroxyl groups is 1. The normalized spacial score (nSPS) is 15.1. The van der Waals surface area contributed by atoms with E-state index in [0.29, 0.717) is 0 Å². The second-order valence-electron chi connectivity index (χ2n) is 4.34. The Morgan fingerprint density at radius 2 is 1.41 bits per heavy atom. The zero-order chi connectivity index (χ0) is 11.9. The molecule has 17 heavy (non-hydrogen) atoms. The second-order valence-corrected chi connectivity index (χ2v) is 4.57. The summed E-state index contributed by atoms with van der Waals surface area (Å²) < 4.78 is 0. The fraction of sp³-hybridized carbons (Fsp3) is 0.133. The van der Waals surface area contributed by atoms with Crippen molar-refractivity contribution < 1.29 is 5.11 Å². The molecular formula is C15H12OS. The third-order valence-electron chi connectivity index (χ3n) is 3.56. The number of rotatable bonds is 2. The molecular weight excluding hydrogens is 228 g/mol. The lowest BCUT2D eigenvalue weighted by Crippen LogP contribution is -2.30. The van der Waals surface area contributed by atoms with Crippen molar-refractivity contribution in [3.05, 3.63) is 59.7 Å². The fourth-order valence-electron chi connectivity index (χ4n) is 2.69. The summed E-state index contributed by atoms with van der Waals surface area (Å²) in [6.45, 7) is 0.0184. The summed E-state index contributed by atoms with van der Waals surface area (Å²) in [6, 6.07) is 16.3. The highest BCUT2D eigenvalue weighted by Gasteiger charge is 2.40. The minimum atomic E-state index is -0.511. The maximum absolute atomic E-state index is 9.81. The van der Waals surface area contributed by atoms with Gasteiger partial charge in [0.05, 0.1) is 12.0 Å². The van der Waals surface area contributed by atoms with Crippen LogP contribution in [0.4, 0.5) is 0 Å². The first-order chi connectivity index (χ1) is 8.33. The van der Waals surface area contributed by atoms with Crippen molar-refractivity contribution in [2.45, 2.75) is 5.41 Å². The molecule has 0 saturated carbocycles. The highest BCUT2D eigenvalue weighted by atomic mass is 32.1. The zero-order valence-corrected chi connectivity index (χ0v) is 10.1. The van der Waals surface area contributed by atoms with Gasteiger partial charge in [-0.05, 0) is 27.6 Å². The van der Waals surface area contributed by atoms with Gasteiger partial charge in [0.2, 0.25) is 0 Å². The van der Waals surface area contributed by atoms with Crippen LogP contribution in [0.15, 0.2) is 48.5 Å². The molecule has 0 heterocycles. The summed E-state index contributed by atoms with van der Waals surface area (Å²) in [5, 5.41) is 11.5. The smallest absolute Gasteiger partial charge is 0.0727 e. The van der Waals surface area contributed by atoms with Crippen LogP contribution in [-0.2, 0) is 5.41 Å². The van der Waals surface area contributed by atoms with E-state index >= 15 is 0 Å². The molecule has 0 saturated heterocycles. The van der Waals surface area contributed by atoms with Crippen molar-refractivity contribution in [2.75, 3.05) is 6.61 Å². The van der Waals surface area contributed by atoms with Gasteiger partial charge in [-0.15, -0.1) is 0 Å². The summed E-state index contributed by atoms with van der Waals surface area (Å²) in [7, 11) is 0. The Hall–Kier alpha value is -1.51. The van der Waals surface area contributed by atoms with E-state index in [4.69, 9.17) is 12.2 Å². The van der Waals surface area contributed by atoms with Crippen molar-refractivity contribution in [3.63, 3.8) is 0 Å². The third kappa shape index (κ3) is 1.25. The van der Waals surface area contributed by atoms with Gasteiger partial charge in [-0.3, -0.25) is 0 Å². The van der Waals surface area contributed by atoms with E-state index in [1.54, 1.807) is 5.37 Å². The van der Waals surface area contributed by atoms with Crippen LogP contribution < -0.4 is 0 Å². The molecule has 84 valence electrons. The lowest BCUT2D eigenvalue weighted by Gasteiger charge is -2.24. The van der Waals surface area contributed by atoms with Crippen molar-refractivity contribution in [1.29, 1.82) is 0 Å². The average molecular weight is 240 g/mol. The molecule has 1 N–H and O–H groups in total. The molecule has 1 aliphatic carbocycles. The Kier molecular flexibility index (Phi) is 2.35. The van der Waals surface area contributed by atoms with Crippen LogP contribution in [0, 0.1) is 0 Å². The minimum Gasteiger partial charge on any atom is -0.395 e. The highest BCUT2D eigenvalue weighted by Crippen LogP contribution is 2.47. The molecule has 0 unspecified atom stereocenters. The summed E-state index contributed by atoms with van der Waals surface area (Å²) in [4.78, 5) is 0. The quantitative estimate of drug-likeness (QED) is 0.814. The molecule has 0 radical (unpaired) electrons. The molecule has 3 rings (SSSR count). The van der Waals surface area contributed by atoms with E-state index in [2.05, 4.69) is 12.1 Å². The van der Waals surface area contributed by atoms with Crippen molar-refractivity contribution in [2.24, 2.45) is 0 Å². The SMILES string of the molecule is OCC1(C=S)c2ccccc2-c2ccccc21. The largest absolute Gasteiger partial charge is 0.395 e. The molecule has 0 amide bonds. The zero-order valence-electron chi connectivity index (χ0n) is 9.26. The van der Waals surface area contributed by atoms with Crippen LogP contribution in [0.1, 0.15) is 11.1 Å². The molecule has 0 bridgehead atoms. The minimum absolute atomic E-state index is 0.0184. The summed E-state index contributed by atoms with van der Waals surface area (Å²) in [6.07, 6.45) is 0. The Bertz CT molecular complexity index is 543. The van der Waals surface area contributed by atoms with Crippen molar-refractivity contribution in [3.8, 4) is 11.1 Å². The van der Waals surface area contributed by atoms with Gasteiger partial charge in [-0.2, -0.15) is 0 Å². The molecule has 0 aromatic heterocycles. The number of hydrogen-bond acceptors (Lipinski definition) is 2. The topological polar surface area (TPSA) is 20.2 Å². The van der Waals surface area contributed by atoms with E-state index in [0.717, 1.165) is 11.1 Å². The van der Waals surface area contributed by atoms with Gasteiger partial charge < -0.3 is 5.11 Å². The average Bonchev–Trinajstić information content (AvgIpc) is 2.70. The first kappa shape index (κ1) is 10.6. The van der Waals surface area contributed by atoms with Crippen LogP contribution in [0.25, 0.3) is 11.1 Å². The number of aliphatic hydroxyl groups excluding tert-OH is 1. The van der Waals surface area contributed by atoms with Crippen molar-refractivity contribution in [1.82, 2.24) is 0 Å². The van der Waals surface area contributed by atoms with Crippen LogP contribution in [0.5, 0.6) is 0 Å². The van der Waals surface area contributed by atoms with Crippen LogP contribution in [0.3, 0.4) is 0 Å². The summed E-state index contributed by atoms with van der Waals surface area (Å²) in [5.41, 5.74) is 4.07. The number of thiocarbonyl (C=S) groups is 1. The van der Waals surface area contributed by atoms with Gasteiger partial charge in [0.25, 0.3) is 0 Å². The molecule has 0 atom stereocenters. The Morgan fingerprint density at radius 1 is 0.941 bits per heavy atom. The van der Waals surface area contributed by atoms with Crippen LogP contribution in [-0.4, -0.2) is 17.1 Å². The fourth-order valence-corrected chi connectivity index (χ4v) is 3.02. The standard InChI is InChI=1S/C15H12OS/c16-9-15(10-17)13-7-3-1-5-11(13)12-6-2-4-8-14(12)15/h1-8,10,16H,9H2. The predicted octanol–water partition coefficient (Wildman–Crippen LogP) is 2.95. The van der Waals surface area contributed by atoms with E-state index < -0.39 is 5.41 Å². The number of fused-ring (bicyclic) bond motifs is 3. The molecule has 2 aromatic rings. The maximum Gasteiger partial charge on any atom is 0.0727 e. The van der Waals surface area contributed by atoms with Gasteiger partial charge in [0, 0.05) is 0 Å². The lowest BCUT2D eigenvalue weighted by molar-refractivity contribution is 0.262. The summed E-state index contributed by atoms with van der Waals surface area (Å²) >= 11 is 5.19. The molecule has 0 spiro atoms. The monoisotopic (exact) mass is 240 g/mol. The molecule has 2 heteroatoms. The van der Waals surface area contributed by atoms with E-state index in [1.807, 2.05) is 36.4 Å². The Labute approximate surface area is 106 Å². The van der Waals surface area contributed by atoms with Gasteiger partial charge in [-0.25, -0.2) is 0 Å². The van der Waals surface area contributed by atoms with Gasteiger partial charge in [0.15, 0.2) is 0 Å². The number of benzene rings is 2. The van der Waals surface area contributed by atoms with Gasteiger partial charge in [-0.1, -0.05) is 60.7 Å². The molecule has 1 aliphatic rings. The molecule has 0 fully saturated rings. The maximum atomic E-state index is 9.81. The molecule has 2 aromatic carbocycles. The van der Waals surface area contributed by atoms with E-state index in [1.165, 1.54) is 11.1 Å². The van der Waals surface area contributed by atoms with Gasteiger partial charge >= 0.3 is 0 Å². The second kappa shape index (κ2) is 3.76. The lowest BCUT2D eigenvalue weighted by atomic mass is 9.81. The van der Waals surface area contributed by atoms with Crippen LogP contribution >= 0.6 is 12.2 Å². The highest BCUT2D eigenvalue weighted by molar-refractivity contribution is 7.79. The summed E-state index contributed by atoms with van der Waals surface area (Å²) in [5.74, 6) is 0. The predicted molar refractivity (Wildman–Crippen MR) is 73.4 cm³/mol. The Morgan fingerprint density at radius 3 is 1.82 bits per heavy atom. The van der Waals surface area contributed by atoms with Gasteiger partial charge in [0.1, 0.15) is 0 Å². The van der Waals surface area contributed by atoms with Crippen molar-refractivity contribution >= 4 is 17.6 Å². The van der Waals surface area contributed by atoms with Crippen LogP contribution in [0.2, 0.25) is 0 Å². The third-order valence-corrected chi connectivity index (χ3v) is 3.96. The number of hydrogen-bond donors (Lipinski definition) is 1. The first-order valence-corrected chi connectivity index (χ1v) is 6.07. The Balaban J connectivity index is 2.42. The van der Waals surface area contributed by atoms with E-state index in [-0.39, 0.29) is 6.61 Å².